The minimum Gasteiger partial charge on any atom is -0.369 e. The fourth-order valence-electron chi connectivity index (χ4n) is 5.21. The van der Waals surface area contributed by atoms with Gasteiger partial charge >= 0.3 is 0 Å². The van der Waals surface area contributed by atoms with E-state index in [-0.39, 0.29) is 24.0 Å². The Labute approximate surface area is 212 Å². The van der Waals surface area contributed by atoms with Gasteiger partial charge in [-0.05, 0) is 30.7 Å². The van der Waals surface area contributed by atoms with Crippen molar-refractivity contribution in [1.29, 1.82) is 0 Å². The highest BCUT2D eigenvalue weighted by Crippen LogP contribution is 2.31. The van der Waals surface area contributed by atoms with Crippen molar-refractivity contribution in [1.82, 2.24) is 30.1 Å². The van der Waals surface area contributed by atoms with Crippen molar-refractivity contribution < 1.29 is 19.2 Å². The summed E-state index contributed by atoms with van der Waals surface area (Å²) in [6.45, 7) is 4.22. The summed E-state index contributed by atoms with van der Waals surface area (Å²) in [7, 11) is 0. The molecular weight excluding hydrogens is 474 g/mol. The Kier molecular flexibility index (Phi) is 5.76. The van der Waals surface area contributed by atoms with Gasteiger partial charge in [-0.2, -0.15) is 0 Å². The number of fused-ring (bicyclic) bond motifs is 1. The third-order valence-electron chi connectivity index (χ3n) is 7.11. The van der Waals surface area contributed by atoms with Crippen LogP contribution < -0.4 is 10.2 Å². The molecule has 3 aliphatic heterocycles. The Bertz CT molecular complexity index is 1390. The topological polar surface area (TPSA) is 121 Å². The van der Waals surface area contributed by atoms with Crippen molar-refractivity contribution in [2.24, 2.45) is 0 Å². The first-order chi connectivity index (χ1) is 18.0. The first kappa shape index (κ1) is 23.0. The number of aromatic nitrogens is 3. The highest BCUT2D eigenvalue weighted by atomic mass is 16.2. The summed E-state index contributed by atoms with van der Waals surface area (Å²) in [6.07, 6.45) is 1.95. The smallest absolute Gasteiger partial charge is 0.264 e. The molecule has 2 aromatic carbocycles. The summed E-state index contributed by atoms with van der Waals surface area (Å²) in [5.41, 5.74) is 2.80. The Morgan fingerprint density at radius 1 is 0.892 bits per heavy atom. The summed E-state index contributed by atoms with van der Waals surface area (Å²) < 4.78 is 1.51. The van der Waals surface area contributed by atoms with Gasteiger partial charge in [0.2, 0.25) is 11.8 Å². The van der Waals surface area contributed by atoms with E-state index in [9.17, 15) is 19.2 Å². The molecule has 6 rings (SSSR count). The van der Waals surface area contributed by atoms with E-state index in [2.05, 4.69) is 37.6 Å². The first-order valence-electron chi connectivity index (χ1n) is 12.3. The third kappa shape index (κ3) is 4.16. The SMILES string of the molecule is O=C1CCC(N2C(=O)c3cccc(-n4cc(CN5CCN(c6ccccc6)CC5)nn4)c3C2=O)C(=O)N1. The van der Waals surface area contributed by atoms with E-state index < -0.39 is 29.7 Å². The number of piperazine rings is 1. The number of amides is 4. The standard InChI is InChI=1S/C26H25N7O4/c34-22-10-9-21(24(35)27-22)33-25(36)19-7-4-8-20(23(19)26(33)37)32-16-17(28-29-32)15-30-11-13-31(14-12-30)18-5-2-1-3-6-18/h1-8,16,21H,9-15H2,(H,27,34,35). The Balaban J connectivity index is 1.18. The van der Waals surface area contributed by atoms with E-state index in [0.717, 1.165) is 36.8 Å². The van der Waals surface area contributed by atoms with E-state index >= 15 is 0 Å². The predicted molar refractivity (Wildman–Crippen MR) is 132 cm³/mol. The molecule has 3 aliphatic rings. The molecule has 2 saturated heterocycles. The number of hydrogen-bond donors (Lipinski definition) is 1. The van der Waals surface area contributed by atoms with Crippen molar-refractivity contribution in [3.8, 4) is 5.69 Å². The molecule has 0 spiro atoms. The number of carbonyl (C=O) groups excluding carboxylic acids is 4. The van der Waals surface area contributed by atoms with Gasteiger partial charge in [-0.1, -0.05) is 29.5 Å². The summed E-state index contributed by atoms with van der Waals surface area (Å²) in [5, 5.41) is 10.8. The zero-order valence-corrected chi connectivity index (χ0v) is 20.0. The second-order valence-corrected chi connectivity index (χ2v) is 9.40. The number of anilines is 1. The lowest BCUT2D eigenvalue weighted by atomic mass is 10.0. The number of hydrogen-bond acceptors (Lipinski definition) is 8. The predicted octanol–water partition coefficient (Wildman–Crippen LogP) is 0.991. The molecular formula is C26H25N7O4. The van der Waals surface area contributed by atoms with Crippen LogP contribution in [0.15, 0.2) is 54.7 Å². The molecule has 4 amide bonds. The number of para-hydroxylation sites is 1. The van der Waals surface area contributed by atoms with Crippen LogP contribution in [0.1, 0.15) is 39.3 Å². The van der Waals surface area contributed by atoms with Gasteiger partial charge in [0.15, 0.2) is 0 Å². The Morgan fingerprint density at radius 2 is 1.68 bits per heavy atom. The zero-order chi connectivity index (χ0) is 25.5. The molecule has 0 aliphatic carbocycles. The van der Waals surface area contributed by atoms with Crippen molar-refractivity contribution in [2.45, 2.75) is 25.4 Å². The van der Waals surface area contributed by atoms with E-state index in [4.69, 9.17) is 0 Å². The van der Waals surface area contributed by atoms with Gasteiger partial charge in [-0.15, -0.1) is 5.10 Å². The lowest BCUT2D eigenvalue weighted by Crippen LogP contribution is -2.54. The van der Waals surface area contributed by atoms with Gasteiger partial charge in [0.25, 0.3) is 11.8 Å². The van der Waals surface area contributed by atoms with Crippen LogP contribution in [0.2, 0.25) is 0 Å². The normalized spacial score (nSPS) is 20.4. The summed E-state index contributed by atoms with van der Waals surface area (Å²) in [5.74, 6) is -2.16. The first-order valence-corrected chi connectivity index (χ1v) is 12.3. The third-order valence-corrected chi connectivity index (χ3v) is 7.11. The minimum atomic E-state index is -1.01. The second kappa shape index (κ2) is 9.25. The summed E-state index contributed by atoms with van der Waals surface area (Å²) in [4.78, 5) is 56.0. The molecule has 37 heavy (non-hydrogen) atoms. The maximum atomic E-state index is 13.4. The van der Waals surface area contributed by atoms with Gasteiger partial charge in [0.1, 0.15) is 6.04 Å². The molecule has 0 radical (unpaired) electrons. The highest BCUT2D eigenvalue weighted by Gasteiger charge is 2.45. The second-order valence-electron chi connectivity index (χ2n) is 9.40. The fraction of sp³-hybridized carbons (Fsp3) is 0.308. The average molecular weight is 500 g/mol. The van der Waals surface area contributed by atoms with Crippen LogP contribution in [0, 0.1) is 0 Å². The Hall–Kier alpha value is -4.38. The molecule has 1 N–H and O–H groups in total. The average Bonchev–Trinajstić information content (AvgIpc) is 3.48. The molecule has 4 heterocycles. The monoisotopic (exact) mass is 499 g/mol. The van der Waals surface area contributed by atoms with Crippen LogP contribution in [0.4, 0.5) is 5.69 Å². The van der Waals surface area contributed by atoms with Gasteiger partial charge < -0.3 is 4.90 Å². The van der Waals surface area contributed by atoms with Crippen molar-refractivity contribution in [2.75, 3.05) is 31.1 Å². The molecule has 11 nitrogen and oxygen atoms in total. The Morgan fingerprint density at radius 3 is 2.43 bits per heavy atom. The molecule has 3 aromatic rings. The number of nitrogens with zero attached hydrogens (tertiary/aromatic N) is 6. The maximum absolute atomic E-state index is 13.4. The number of imide groups is 2. The van der Waals surface area contributed by atoms with Crippen molar-refractivity contribution >= 4 is 29.3 Å². The van der Waals surface area contributed by atoms with Crippen LogP contribution in [0.25, 0.3) is 5.69 Å². The number of rotatable bonds is 5. The van der Waals surface area contributed by atoms with Crippen LogP contribution in [0.3, 0.4) is 0 Å². The molecule has 1 atom stereocenters. The van der Waals surface area contributed by atoms with E-state index in [0.29, 0.717) is 12.2 Å². The van der Waals surface area contributed by atoms with Crippen LogP contribution in [0.5, 0.6) is 0 Å². The highest BCUT2D eigenvalue weighted by molar-refractivity contribution is 6.24. The van der Waals surface area contributed by atoms with Crippen LogP contribution in [-0.2, 0) is 16.1 Å². The molecule has 11 heteroatoms. The number of nitrogens with one attached hydrogen (secondary N) is 1. The lowest BCUT2D eigenvalue weighted by Gasteiger charge is -2.35. The molecule has 0 bridgehead atoms. The number of benzene rings is 2. The molecule has 2 fully saturated rings. The van der Waals surface area contributed by atoms with Crippen molar-refractivity contribution in [3.05, 3.63) is 71.5 Å². The van der Waals surface area contributed by atoms with Crippen LogP contribution >= 0.6 is 0 Å². The van der Waals surface area contributed by atoms with Gasteiger partial charge in [-0.3, -0.25) is 34.3 Å². The van der Waals surface area contributed by atoms with E-state index in [1.165, 1.54) is 10.4 Å². The maximum Gasteiger partial charge on any atom is 0.264 e. The number of carbonyl (C=O) groups is 4. The van der Waals surface area contributed by atoms with E-state index in [1.54, 1.807) is 24.4 Å². The molecule has 0 saturated carbocycles. The molecule has 188 valence electrons. The lowest BCUT2D eigenvalue weighted by molar-refractivity contribution is -0.136. The minimum absolute atomic E-state index is 0.0721. The molecule has 1 unspecified atom stereocenters. The van der Waals surface area contributed by atoms with Gasteiger partial charge in [0.05, 0.1) is 28.7 Å². The van der Waals surface area contributed by atoms with E-state index in [1.807, 2.05) is 18.2 Å². The summed E-state index contributed by atoms with van der Waals surface area (Å²) >= 11 is 0. The fourth-order valence-corrected chi connectivity index (χ4v) is 5.21. The zero-order valence-electron chi connectivity index (χ0n) is 20.0. The number of piperidine rings is 1. The van der Waals surface area contributed by atoms with Crippen molar-refractivity contribution in [3.63, 3.8) is 0 Å². The van der Waals surface area contributed by atoms with Crippen LogP contribution in [-0.4, -0.2) is 80.6 Å². The summed E-state index contributed by atoms with van der Waals surface area (Å²) in [6, 6.07) is 14.3. The quantitative estimate of drug-likeness (QED) is 0.516. The van der Waals surface area contributed by atoms with Gasteiger partial charge in [-0.25, -0.2) is 4.68 Å². The molecule has 1 aromatic heterocycles. The largest absolute Gasteiger partial charge is 0.369 e. The van der Waals surface area contributed by atoms with Gasteiger partial charge in [0, 0.05) is 44.8 Å².